The van der Waals surface area contributed by atoms with Crippen molar-refractivity contribution < 1.29 is 27.5 Å². The third-order valence-electron chi connectivity index (χ3n) is 4.36. The molecule has 2 aromatic carbocycles. The van der Waals surface area contributed by atoms with Crippen molar-refractivity contribution in [3.63, 3.8) is 0 Å². The lowest BCUT2D eigenvalue weighted by atomic mass is 10.1. The van der Waals surface area contributed by atoms with Gasteiger partial charge < -0.3 is 15.4 Å². The number of nitrogens with one attached hydrogen (secondary N) is 2. The first-order valence-corrected chi connectivity index (χ1v) is 8.89. The summed E-state index contributed by atoms with van der Waals surface area (Å²) in [5, 5.41) is 14.5. The average molecular weight is 418 g/mol. The number of hydrogen-bond acceptors (Lipinski definition) is 4. The Balaban J connectivity index is 1.73. The largest absolute Gasteiger partial charge is 0.483 e. The normalized spacial score (nSPS) is 13.6. The quantitative estimate of drug-likeness (QED) is 0.776. The molecule has 1 aliphatic heterocycles. The predicted octanol–water partition coefficient (Wildman–Crippen LogP) is 3.59. The summed E-state index contributed by atoms with van der Waals surface area (Å²) in [5.74, 6) is -0.694. The first kappa shape index (κ1) is 21.0. The maximum absolute atomic E-state index is 12.5. The number of urea groups is 1. The van der Waals surface area contributed by atoms with Crippen LogP contribution in [0.5, 0.6) is 5.75 Å². The Morgan fingerprint density at radius 3 is 2.67 bits per heavy atom. The van der Waals surface area contributed by atoms with Gasteiger partial charge in [0.15, 0.2) is 6.61 Å². The summed E-state index contributed by atoms with van der Waals surface area (Å²) in [5.41, 5.74) is 1.85. The summed E-state index contributed by atoms with van der Waals surface area (Å²) in [6, 6.07) is 10.2. The van der Waals surface area contributed by atoms with Gasteiger partial charge in [-0.15, -0.1) is 0 Å². The van der Waals surface area contributed by atoms with Crippen molar-refractivity contribution in [3.8, 4) is 11.8 Å². The number of hydrogen-bond donors (Lipinski definition) is 2. The van der Waals surface area contributed by atoms with E-state index in [2.05, 4.69) is 15.4 Å². The van der Waals surface area contributed by atoms with Crippen LogP contribution in [0.3, 0.4) is 0 Å². The smallest absolute Gasteiger partial charge is 0.422 e. The highest BCUT2D eigenvalue weighted by Gasteiger charge is 2.29. The van der Waals surface area contributed by atoms with Gasteiger partial charge in [0, 0.05) is 30.0 Å². The van der Waals surface area contributed by atoms with Crippen LogP contribution in [0.2, 0.25) is 0 Å². The van der Waals surface area contributed by atoms with E-state index in [0.717, 1.165) is 5.56 Å². The van der Waals surface area contributed by atoms with Gasteiger partial charge in [0.1, 0.15) is 11.8 Å². The van der Waals surface area contributed by atoms with E-state index in [4.69, 9.17) is 5.26 Å². The Bertz CT molecular complexity index is 1030. The van der Waals surface area contributed by atoms with Gasteiger partial charge >= 0.3 is 12.2 Å². The molecule has 3 amide bonds. The molecule has 30 heavy (non-hydrogen) atoms. The van der Waals surface area contributed by atoms with Gasteiger partial charge in [-0.2, -0.15) is 18.4 Å². The maximum atomic E-state index is 12.5. The lowest BCUT2D eigenvalue weighted by Crippen LogP contribution is -2.28. The molecule has 1 heterocycles. The lowest BCUT2D eigenvalue weighted by molar-refractivity contribution is -0.153. The molecule has 0 aromatic heterocycles. The van der Waals surface area contributed by atoms with Crippen LogP contribution in [0.1, 0.15) is 21.5 Å². The zero-order valence-corrected chi connectivity index (χ0v) is 15.8. The molecular formula is C20H17F3N4O3. The number of aryl methyl sites for hydroxylation is 1. The molecule has 1 aliphatic rings. The summed E-state index contributed by atoms with van der Waals surface area (Å²) < 4.78 is 41.5. The number of nitriles is 1. The van der Waals surface area contributed by atoms with Gasteiger partial charge in [-0.3, -0.25) is 9.69 Å². The molecule has 0 atom stereocenters. The second-order valence-corrected chi connectivity index (χ2v) is 6.57. The number of benzene rings is 2. The van der Waals surface area contributed by atoms with Gasteiger partial charge in [0.05, 0.1) is 5.56 Å². The third-order valence-corrected chi connectivity index (χ3v) is 4.36. The molecule has 1 fully saturated rings. The van der Waals surface area contributed by atoms with Crippen molar-refractivity contribution in [2.75, 3.05) is 29.9 Å². The fourth-order valence-corrected chi connectivity index (χ4v) is 2.98. The molecule has 0 radical (unpaired) electrons. The number of alkyl halides is 3. The van der Waals surface area contributed by atoms with Crippen molar-refractivity contribution in [2.24, 2.45) is 0 Å². The van der Waals surface area contributed by atoms with Crippen LogP contribution in [0, 0.1) is 18.3 Å². The Hall–Kier alpha value is -3.74. The molecule has 156 valence electrons. The first-order chi connectivity index (χ1) is 14.2. The topological polar surface area (TPSA) is 94.5 Å². The van der Waals surface area contributed by atoms with E-state index >= 15 is 0 Å². The number of ether oxygens (including phenoxy) is 1. The molecule has 2 N–H and O–H groups in total. The molecule has 3 rings (SSSR count). The minimum atomic E-state index is -4.53. The van der Waals surface area contributed by atoms with E-state index in [1.165, 1.54) is 18.2 Å². The van der Waals surface area contributed by atoms with E-state index in [1.807, 2.05) is 0 Å². The summed E-state index contributed by atoms with van der Waals surface area (Å²) in [7, 11) is 0. The van der Waals surface area contributed by atoms with Gasteiger partial charge in [0.2, 0.25) is 0 Å². The van der Waals surface area contributed by atoms with Gasteiger partial charge in [-0.1, -0.05) is 0 Å². The molecule has 0 spiro atoms. The number of nitrogens with zero attached hydrogens (tertiary/aromatic N) is 2. The van der Waals surface area contributed by atoms with Crippen LogP contribution < -0.4 is 20.3 Å². The van der Waals surface area contributed by atoms with Crippen LogP contribution >= 0.6 is 0 Å². The van der Waals surface area contributed by atoms with Crippen molar-refractivity contribution in [3.05, 3.63) is 53.1 Å². The highest BCUT2D eigenvalue weighted by Crippen LogP contribution is 2.26. The highest BCUT2D eigenvalue weighted by molar-refractivity contribution is 6.05. The summed E-state index contributed by atoms with van der Waals surface area (Å²) in [4.78, 5) is 25.9. The van der Waals surface area contributed by atoms with Crippen LogP contribution in [-0.2, 0) is 0 Å². The van der Waals surface area contributed by atoms with Crippen LogP contribution in [-0.4, -0.2) is 37.8 Å². The van der Waals surface area contributed by atoms with Gasteiger partial charge in [-0.25, -0.2) is 4.79 Å². The standard InChI is InChI=1S/C20H17F3N4O3/c1-12-8-13(2-4-16(12)27-7-6-25-19(27)29)18(28)26-15-3-5-17(14(9-15)10-24)30-11-20(21,22)23/h2-5,8-9H,6-7,11H2,1H3,(H,25,29)(H,26,28). The summed E-state index contributed by atoms with van der Waals surface area (Å²) >= 11 is 0. The number of amides is 3. The van der Waals surface area contributed by atoms with Crippen molar-refractivity contribution in [1.29, 1.82) is 5.26 Å². The lowest BCUT2D eigenvalue weighted by Gasteiger charge is -2.17. The molecule has 0 aliphatic carbocycles. The average Bonchev–Trinajstić information content (AvgIpc) is 3.11. The Morgan fingerprint density at radius 1 is 1.30 bits per heavy atom. The molecule has 0 unspecified atom stereocenters. The van der Waals surface area contributed by atoms with E-state index in [1.54, 1.807) is 36.1 Å². The molecular weight excluding hydrogens is 401 g/mol. The molecule has 0 saturated carbocycles. The Kier molecular flexibility index (Phi) is 5.82. The number of carbonyl (C=O) groups excluding carboxylic acids is 2. The molecule has 1 saturated heterocycles. The van der Waals surface area contributed by atoms with Crippen molar-refractivity contribution >= 4 is 23.3 Å². The molecule has 2 aromatic rings. The second-order valence-electron chi connectivity index (χ2n) is 6.57. The number of halogens is 3. The SMILES string of the molecule is Cc1cc(C(=O)Nc2ccc(OCC(F)(F)F)c(C#N)c2)ccc1N1CCNC1=O. The molecule has 7 nitrogen and oxygen atoms in total. The minimum Gasteiger partial charge on any atom is -0.483 e. The number of rotatable bonds is 5. The first-order valence-electron chi connectivity index (χ1n) is 8.89. The second kappa shape index (κ2) is 8.32. The fraction of sp³-hybridized carbons (Fsp3) is 0.250. The van der Waals surface area contributed by atoms with E-state index in [0.29, 0.717) is 24.3 Å². The zero-order chi connectivity index (χ0) is 21.9. The summed E-state index contributed by atoms with van der Waals surface area (Å²) in [6.45, 7) is 1.33. The predicted molar refractivity (Wildman–Crippen MR) is 103 cm³/mol. The number of anilines is 2. The highest BCUT2D eigenvalue weighted by atomic mass is 19.4. The van der Waals surface area contributed by atoms with E-state index < -0.39 is 18.7 Å². The fourth-order valence-electron chi connectivity index (χ4n) is 2.98. The third kappa shape index (κ3) is 4.81. The Labute approximate surface area is 170 Å². The monoisotopic (exact) mass is 418 g/mol. The minimum absolute atomic E-state index is 0.136. The summed E-state index contributed by atoms with van der Waals surface area (Å²) in [6.07, 6.45) is -4.53. The molecule has 10 heteroatoms. The molecule has 0 bridgehead atoms. The van der Waals surface area contributed by atoms with Gasteiger partial charge in [-0.05, 0) is 48.9 Å². The maximum Gasteiger partial charge on any atom is 0.422 e. The van der Waals surface area contributed by atoms with Crippen LogP contribution in [0.4, 0.5) is 29.3 Å². The van der Waals surface area contributed by atoms with Crippen molar-refractivity contribution in [2.45, 2.75) is 13.1 Å². The van der Waals surface area contributed by atoms with Crippen LogP contribution in [0.15, 0.2) is 36.4 Å². The van der Waals surface area contributed by atoms with E-state index in [9.17, 15) is 22.8 Å². The number of carbonyl (C=O) groups is 2. The zero-order valence-electron chi connectivity index (χ0n) is 15.8. The van der Waals surface area contributed by atoms with Gasteiger partial charge in [0.25, 0.3) is 5.91 Å². The van der Waals surface area contributed by atoms with E-state index in [-0.39, 0.29) is 23.0 Å². The van der Waals surface area contributed by atoms with Crippen LogP contribution in [0.25, 0.3) is 0 Å². The van der Waals surface area contributed by atoms with Crippen molar-refractivity contribution in [1.82, 2.24) is 5.32 Å². The Morgan fingerprint density at radius 2 is 2.07 bits per heavy atom.